The Morgan fingerprint density at radius 3 is 1.37 bits per heavy atom. The van der Waals surface area contributed by atoms with Gasteiger partial charge in [0.15, 0.2) is 0 Å². The zero-order valence-corrected chi connectivity index (χ0v) is 51.4. The molecule has 0 amide bonds. The molecule has 0 fully saturated rings. The van der Waals surface area contributed by atoms with Crippen LogP contribution in [0.5, 0.6) is 0 Å². The van der Waals surface area contributed by atoms with E-state index in [0.717, 1.165) is 121 Å². The summed E-state index contributed by atoms with van der Waals surface area (Å²) in [6, 6.07) is 82.4. The van der Waals surface area contributed by atoms with Crippen molar-refractivity contribution in [3.63, 3.8) is 0 Å². The van der Waals surface area contributed by atoms with Gasteiger partial charge in [-0.1, -0.05) is 242 Å². The molecule has 0 bridgehead atoms. The maximum Gasteiger partial charge on any atom is 0.252 e. The lowest BCUT2D eigenvalue weighted by atomic mass is 9.33. The number of hydrogen-bond acceptors (Lipinski definition) is 1. The van der Waals surface area contributed by atoms with Gasteiger partial charge in [0.1, 0.15) is 0 Å². The predicted molar refractivity (Wildman–Crippen MR) is 390 cm³/mol. The standard InChI is InChI=1S/C86H65BN4/c1-85(2,3)57-38-46-78-70(50-57)71-51-58(86(4,5)6)39-47-79(71)89(78)60-41-44-73-82(53-60)91-76-36-22-17-31-65(76)63-29-15-13-27-61(63)62-28-14-16-30-64(62)68-42-48-80-83(84(68)91)87(73)72-43-40-59(88-74-34-20-18-32-66(74)67-33-19-21-35-75(67)88)52-81(72)90(80)77-45-37-56(54-23-9-7-10-24-54)49-69(77)55-25-11-8-12-26-55/h7-53H,1-6H3/i18D,19D,20D,21D,32D,33D,34D,35D. The third kappa shape index (κ3) is 8.03. The van der Waals surface area contributed by atoms with E-state index in [-0.39, 0.29) is 56.8 Å². The molecule has 0 N–H and O–H groups in total. The lowest BCUT2D eigenvalue weighted by Gasteiger charge is -2.41. The van der Waals surface area contributed by atoms with E-state index in [1.54, 1.807) is 4.57 Å². The summed E-state index contributed by atoms with van der Waals surface area (Å²) in [6.45, 7) is 13.2. The van der Waals surface area contributed by atoms with Crippen molar-refractivity contribution in [1.82, 2.24) is 13.7 Å². The quantitative estimate of drug-likeness (QED) is 0.157. The van der Waals surface area contributed by atoms with Gasteiger partial charge in [-0.15, -0.1) is 0 Å². The Balaban J connectivity index is 1.03. The van der Waals surface area contributed by atoms with Gasteiger partial charge in [-0.2, -0.15) is 0 Å². The fourth-order valence-corrected chi connectivity index (χ4v) is 15.1. The van der Waals surface area contributed by atoms with Gasteiger partial charge in [-0.3, -0.25) is 0 Å². The Morgan fingerprint density at radius 1 is 0.308 bits per heavy atom. The number of hydrogen-bond donors (Lipinski definition) is 0. The summed E-state index contributed by atoms with van der Waals surface area (Å²) in [6.07, 6.45) is 0. The summed E-state index contributed by atoms with van der Waals surface area (Å²) in [4.78, 5) is 2.37. The molecule has 13 aromatic carbocycles. The van der Waals surface area contributed by atoms with E-state index in [4.69, 9.17) is 5.48 Å². The molecule has 432 valence electrons. The minimum Gasteiger partial charge on any atom is -0.311 e. The Bertz CT molecular complexity index is 6170. The average molecular weight is 1170 g/mol. The van der Waals surface area contributed by atoms with E-state index in [1.165, 1.54) is 21.9 Å². The summed E-state index contributed by atoms with van der Waals surface area (Å²) in [7, 11) is 0. The highest BCUT2D eigenvalue weighted by molar-refractivity contribution is 7.00. The van der Waals surface area contributed by atoms with Crippen LogP contribution in [-0.2, 0) is 10.8 Å². The van der Waals surface area contributed by atoms with Crippen LogP contribution in [0.4, 0.5) is 17.1 Å². The van der Waals surface area contributed by atoms with Gasteiger partial charge in [0, 0.05) is 66.3 Å². The molecular formula is C86H65BN4. The number of fused-ring (bicyclic) bond motifs is 18. The van der Waals surface area contributed by atoms with Crippen LogP contribution in [0, 0.1) is 0 Å². The van der Waals surface area contributed by atoms with E-state index < -0.39 is 30.9 Å². The van der Waals surface area contributed by atoms with Crippen LogP contribution in [0.2, 0.25) is 0 Å². The van der Waals surface area contributed by atoms with Crippen molar-refractivity contribution in [3.05, 3.63) is 296 Å². The number of anilines is 3. The largest absolute Gasteiger partial charge is 0.311 e. The van der Waals surface area contributed by atoms with Crippen molar-refractivity contribution in [1.29, 1.82) is 0 Å². The van der Waals surface area contributed by atoms with Crippen LogP contribution < -0.4 is 21.3 Å². The highest BCUT2D eigenvalue weighted by atomic mass is 15.2. The summed E-state index contributed by atoms with van der Waals surface area (Å²) in [5, 5.41) is 8.97. The first-order valence-corrected chi connectivity index (χ1v) is 31.5. The summed E-state index contributed by atoms with van der Waals surface area (Å²) >= 11 is 0. The van der Waals surface area contributed by atoms with E-state index in [1.807, 2.05) is 18.2 Å². The second-order valence-electron chi connectivity index (χ2n) is 26.6. The lowest BCUT2D eigenvalue weighted by molar-refractivity contribution is 0.590. The predicted octanol–water partition coefficient (Wildman–Crippen LogP) is 21.0. The van der Waals surface area contributed by atoms with Crippen molar-refractivity contribution in [2.24, 2.45) is 0 Å². The Labute approximate surface area is 541 Å². The van der Waals surface area contributed by atoms with Gasteiger partial charge in [-0.05, 0) is 161 Å². The second-order valence-corrected chi connectivity index (χ2v) is 26.6. The smallest absolute Gasteiger partial charge is 0.252 e. The molecule has 0 atom stereocenters. The molecule has 3 aromatic heterocycles. The second kappa shape index (κ2) is 19.8. The first kappa shape index (κ1) is 45.4. The molecule has 0 saturated carbocycles. The van der Waals surface area contributed by atoms with Crippen LogP contribution in [0.15, 0.2) is 285 Å². The lowest BCUT2D eigenvalue weighted by Crippen LogP contribution is -2.60. The molecule has 2 aliphatic rings. The zero-order valence-electron chi connectivity index (χ0n) is 59.4. The topological polar surface area (TPSA) is 18.0 Å². The van der Waals surface area contributed by atoms with Crippen molar-refractivity contribution in [2.45, 2.75) is 52.4 Å². The average Bonchev–Trinajstić information content (AvgIpc) is 1.64. The summed E-state index contributed by atoms with van der Waals surface area (Å²) in [5.41, 5.74) is 18.8. The number of aromatic nitrogens is 3. The van der Waals surface area contributed by atoms with Crippen LogP contribution in [0.25, 0.3) is 126 Å². The molecule has 5 heterocycles. The summed E-state index contributed by atoms with van der Waals surface area (Å²) in [5.74, 6) is 0. The first-order chi connectivity index (χ1) is 47.8. The Morgan fingerprint density at radius 2 is 0.780 bits per heavy atom. The third-order valence-corrected chi connectivity index (χ3v) is 19.4. The van der Waals surface area contributed by atoms with Crippen LogP contribution in [-0.4, -0.2) is 20.4 Å². The first-order valence-electron chi connectivity index (χ1n) is 35.5. The molecule has 16 aromatic rings. The molecule has 2 aliphatic heterocycles. The highest BCUT2D eigenvalue weighted by Gasteiger charge is 2.43. The number of rotatable bonds is 5. The van der Waals surface area contributed by atoms with Crippen LogP contribution in [0.3, 0.4) is 0 Å². The van der Waals surface area contributed by atoms with Crippen LogP contribution in [0.1, 0.15) is 63.6 Å². The van der Waals surface area contributed by atoms with Crippen molar-refractivity contribution in [3.8, 4) is 39.3 Å². The van der Waals surface area contributed by atoms with Gasteiger partial charge in [0.2, 0.25) is 0 Å². The molecule has 4 nitrogen and oxygen atoms in total. The summed E-state index contributed by atoms with van der Waals surface area (Å²) < 4.78 is 81.1. The Hall–Kier alpha value is -10.9. The molecule has 91 heavy (non-hydrogen) atoms. The molecule has 5 heteroatoms. The minimum atomic E-state index is -0.491. The van der Waals surface area contributed by atoms with Gasteiger partial charge in [0.25, 0.3) is 6.71 Å². The van der Waals surface area contributed by atoms with Crippen molar-refractivity contribution in [2.75, 3.05) is 4.90 Å². The van der Waals surface area contributed by atoms with Crippen LogP contribution >= 0.6 is 0 Å². The number of nitrogens with zero attached hydrogens (tertiary/aromatic N) is 4. The molecule has 0 aliphatic carbocycles. The molecule has 0 saturated heterocycles. The van der Waals surface area contributed by atoms with E-state index in [2.05, 4.69) is 274 Å². The van der Waals surface area contributed by atoms with Crippen molar-refractivity contribution >= 4 is 127 Å². The third-order valence-electron chi connectivity index (χ3n) is 19.4. The molecule has 18 rings (SSSR count). The number of para-hydroxylation sites is 3. The maximum absolute atomic E-state index is 9.68. The van der Waals surface area contributed by atoms with Gasteiger partial charge in [0.05, 0.1) is 49.8 Å². The maximum atomic E-state index is 9.68. The normalized spacial score (nSPS) is 14.1. The molecule has 0 radical (unpaired) electrons. The monoisotopic (exact) mass is 1170 g/mol. The Kier molecular flexibility index (Phi) is 9.88. The molecule has 0 unspecified atom stereocenters. The van der Waals surface area contributed by atoms with Gasteiger partial charge >= 0.3 is 0 Å². The zero-order chi connectivity index (χ0) is 68.0. The van der Waals surface area contributed by atoms with E-state index >= 15 is 0 Å². The SMILES string of the molecule is [2H]c1c([2H])c([2H])c2c(c1[2H])c1c([2H])c([2H])c([2H])c([2H])c1n2-c1ccc2c(c1)N(c1ccc(-c3ccccc3)cc1-c1ccccc1)c1ccc3c4ccccc4c4ccccc4c4ccccc4n4c3c1B2c1ccc(-n2c3ccc(C(C)(C)C)cc3c3cc(C(C)(C)C)ccc32)cc1-4. The minimum absolute atomic E-state index is 0.0210. The van der Waals surface area contributed by atoms with Gasteiger partial charge in [-0.25, -0.2) is 0 Å². The number of benzene rings is 13. The fraction of sp³-hybridized carbons (Fsp3) is 0.0930. The molecule has 0 spiro atoms. The molecular weight excluding hydrogens is 1100 g/mol. The van der Waals surface area contributed by atoms with E-state index in [9.17, 15) is 5.48 Å². The van der Waals surface area contributed by atoms with Crippen molar-refractivity contribution < 1.29 is 11.0 Å². The highest BCUT2D eigenvalue weighted by Crippen LogP contribution is 2.48. The van der Waals surface area contributed by atoms with E-state index in [0.29, 0.717) is 5.69 Å². The fourth-order valence-electron chi connectivity index (χ4n) is 15.1. The van der Waals surface area contributed by atoms with Gasteiger partial charge < -0.3 is 18.6 Å².